The summed E-state index contributed by atoms with van der Waals surface area (Å²) in [6, 6.07) is 23.0. The molecule has 4 nitrogen and oxygen atoms in total. The standard InChI is InChI=1S/C24H20N2O2/c1-17-16-18(12-14-22(17)28-2)13-15-23-25-21-11-7-6-10-20(21)24(27)26(23)19-8-4-3-5-9-19/h3-16H,1-2H3/b15-13+. The molecule has 0 unspecified atom stereocenters. The highest BCUT2D eigenvalue weighted by Crippen LogP contribution is 2.20. The molecule has 0 N–H and O–H groups in total. The van der Waals surface area contributed by atoms with Crippen LogP contribution < -0.4 is 10.3 Å². The lowest BCUT2D eigenvalue weighted by Gasteiger charge is -2.11. The van der Waals surface area contributed by atoms with Gasteiger partial charge < -0.3 is 4.74 Å². The fraction of sp³-hybridized carbons (Fsp3) is 0.0833. The number of methoxy groups -OCH3 is 1. The van der Waals surface area contributed by atoms with Gasteiger partial charge in [-0.15, -0.1) is 0 Å². The average molecular weight is 368 g/mol. The number of benzene rings is 3. The summed E-state index contributed by atoms with van der Waals surface area (Å²) in [6.07, 6.45) is 3.84. The first-order chi connectivity index (χ1) is 13.7. The number of para-hydroxylation sites is 2. The van der Waals surface area contributed by atoms with Crippen molar-refractivity contribution in [1.29, 1.82) is 0 Å². The summed E-state index contributed by atoms with van der Waals surface area (Å²) < 4.78 is 6.97. The average Bonchev–Trinajstić information content (AvgIpc) is 2.73. The molecule has 28 heavy (non-hydrogen) atoms. The third-order valence-corrected chi connectivity index (χ3v) is 4.66. The second-order valence-corrected chi connectivity index (χ2v) is 6.53. The van der Waals surface area contributed by atoms with Crippen LogP contribution in [0, 0.1) is 6.92 Å². The Hall–Kier alpha value is -3.66. The minimum atomic E-state index is -0.0811. The van der Waals surface area contributed by atoms with Crippen LogP contribution in [0.5, 0.6) is 5.75 Å². The van der Waals surface area contributed by atoms with Gasteiger partial charge in [0, 0.05) is 0 Å². The summed E-state index contributed by atoms with van der Waals surface area (Å²) in [5.41, 5.74) is 3.46. The minimum absolute atomic E-state index is 0.0811. The van der Waals surface area contributed by atoms with Gasteiger partial charge in [-0.3, -0.25) is 9.36 Å². The van der Waals surface area contributed by atoms with Crippen molar-refractivity contribution in [2.45, 2.75) is 6.92 Å². The number of ether oxygens (including phenoxy) is 1. The van der Waals surface area contributed by atoms with E-state index in [0.29, 0.717) is 16.7 Å². The van der Waals surface area contributed by atoms with Crippen molar-refractivity contribution in [2.24, 2.45) is 0 Å². The lowest BCUT2D eigenvalue weighted by Crippen LogP contribution is -2.22. The topological polar surface area (TPSA) is 44.1 Å². The summed E-state index contributed by atoms with van der Waals surface area (Å²) >= 11 is 0. The van der Waals surface area contributed by atoms with E-state index in [1.165, 1.54) is 0 Å². The number of rotatable bonds is 4. The molecule has 0 saturated carbocycles. The Morgan fingerprint density at radius 2 is 1.68 bits per heavy atom. The third-order valence-electron chi connectivity index (χ3n) is 4.66. The Morgan fingerprint density at radius 1 is 0.929 bits per heavy atom. The number of hydrogen-bond donors (Lipinski definition) is 0. The number of aromatic nitrogens is 2. The molecule has 0 aliphatic heterocycles. The molecule has 0 bridgehead atoms. The van der Waals surface area contributed by atoms with Crippen LogP contribution in [-0.2, 0) is 0 Å². The van der Waals surface area contributed by atoms with E-state index in [-0.39, 0.29) is 5.56 Å². The summed E-state index contributed by atoms with van der Waals surface area (Å²) in [4.78, 5) is 17.9. The first-order valence-corrected chi connectivity index (χ1v) is 9.07. The summed E-state index contributed by atoms with van der Waals surface area (Å²) in [7, 11) is 1.66. The first kappa shape index (κ1) is 17.7. The van der Waals surface area contributed by atoms with E-state index in [2.05, 4.69) is 0 Å². The van der Waals surface area contributed by atoms with Crippen molar-refractivity contribution in [3.63, 3.8) is 0 Å². The quantitative estimate of drug-likeness (QED) is 0.516. The molecule has 0 radical (unpaired) electrons. The molecule has 4 rings (SSSR count). The van der Waals surface area contributed by atoms with Gasteiger partial charge in [-0.05, 0) is 60.5 Å². The number of nitrogens with zero attached hydrogens (tertiary/aromatic N) is 2. The molecule has 0 atom stereocenters. The molecule has 1 heterocycles. The smallest absolute Gasteiger partial charge is 0.266 e. The molecule has 0 aliphatic carbocycles. The highest BCUT2D eigenvalue weighted by atomic mass is 16.5. The maximum absolute atomic E-state index is 13.2. The SMILES string of the molecule is COc1ccc(/C=C/c2nc3ccccc3c(=O)n2-c2ccccc2)cc1C. The predicted molar refractivity (Wildman–Crippen MR) is 114 cm³/mol. The van der Waals surface area contributed by atoms with Crippen LogP contribution in [0.3, 0.4) is 0 Å². The van der Waals surface area contributed by atoms with Gasteiger partial charge in [-0.1, -0.05) is 42.5 Å². The Bertz CT molecular complexity index is 1220. The monoisotopic (exact) mass is 368 g/mol. The van der Waals surface area contributed by atoms with E-state index >= 15 is 0 Å². The first-order valence-electron chi connectivity index (χ1n) is 9.07. The molecule has 0 aliphatic rings. The molecule has 3 aromatic carbocycles. The maximum atomic E-state index is 13.2. The Balaban J connectivity index is 1.88. The highest BCUT2D eigenvalue weighted by molar-refractivity contribution is 5.80. The summed E-state index contributed by atoms with van der Waals surface area (Å²) in [6.45, 7) is 2.00. The van der Waals surface area contributed by atoms with Crippen LogP contribution in [-0.4, -0.2) is 16.7 Å². The molecule has 138 valence electrons. The molecule has 4 heteroatoms. The number of hydrogen-bond acceptors (Lipinski definition) is 3. The summed E-state index contributed by atoms with van der Waals surface area (Å²) in [5, 5.41) is 0.601. The summed E-state index contributed by atoms with van der Waals surface area (Å²) in [5.74, 6) is 1.44. The van der Waals surface area contributed by atoms with Gasteiger partial charge in [0.05, 0.1) is 23.7 Å². The van der Waals surface area contributed by atoms with Crippen LogP contribution in [0.15, 0.2) is 77.6 Å². The molecule has 0 saturated heterocycles. The van der Waals surface area contributed by atoms with Crippen molar-refractivity contribution in [1.82, 2.24) is 9.55 Å². The zero-order chi connectivity index (χ0) is 19.5. The van der Waals surface area contributed by atoms with Crippen LogP contribution in [0.2, 0.25) is 0 Å². The number of fused-ring (bicyclic) bond motifs is 1. The molecule has 0 amide bonds. The lowest BCUT2D eigenvalue weighted by molar-refractivity contribution is 0.411. The van der Waals surface area contributed by atoms with E-state index < -0.39 is 0 Å². The van der Waals surface area contributed by atoms with Crippen LogP contribution in [0.25, 0.3) is 28.7 Å². The molecule has 0 spiro atoms. The van der Waals surface area contributed by atoms with Gasteiger partial charge in [-0.2, -0.15) is 0 Å². The Kier molecular flexibility index (Phi) is 4.77. The molecular formula is C24H20N2O2. The van der Waals surface area contributed by atoms with Gasteiger partial charge in [0.2, 0.25) is 0 Å². The van der Waals surface area contributed by atoms with Gasteiger partial charge in [-0.25, -0.2) is 4.98 Å². The molecule has 0 fully saturated rings. The lowest BCUT2D eigenvalue weighted by atomic mass is 10.1. The second-order valence-electron chi connectivity index (χ2n) is 6.53. The fourth-order valence-corrected chi connectivity index (χ4v) is 3.26. The van der Waals surface area contributed by atoms with Crippen molar-refractivity contribution in [3.05, 3.63) is 100 Å². The van der Waals surface area contributed by atoms with Crippen LogP contribution >= 0.6 is 0 Å². The fourth-order valence-electron chi connectivity index (χ4n) is 3.26. The predicted octanol–water partition coefficient (Wildman–Crippen LogP) is 4.87. The van der Waals surface area contributed by atoms with E-state index in [1.807, 2.05) is 91.9 Å². The Labute approximate surface area is 163 Å². The molecular weight excluding hydrogens is 348 g/mol. The van der Waals surface area contributed by atoms with E-state index in [0.717, 1.165) is 22.6 Å². The zero-order valence-corrected chi connectivity index (χ0v) is 15.8. The zero-order valence-electron chi connectivity index (χ0n) is 15.8. The third kappa shape index (κ3) is 3.32. The van der Waals surface area contributed by atoms with Crippen LogP contribution in [0.4, 0.5) is 0 Å². The Morgan fingerprint density at radius 3 is 2.43 bits per heavy atom. The van der Waals surface area contributed by atoms with Gasteiger partial charge >= 0.3 is 0 Å². The van der Waals surface area contributed by atoms with Crippen molar-refractivity contribution in [3.8, 4) is 11.4 Å². The maximum Gasteiger partial charge on any atom is 0.266 e. The van der Waals surface area contributed by atoms with E-state index in [1.54, 1.807) is 11.7 Å². The normalized spacial score (nSPS) is 11.2. The minimum Gasteiger partial charge on any atom is -0.496 e. The van der Waals surface area contributed by atoms with Crippen molar-refractivity contribution < 1.29 is 4.74 Å². The second kappa shape index (κ2) is 7.53. The van der Waals surface area contributed by atoms with Crippen LogP contribution in [0.1, 0.15) is 17.0 Å². The van der Waals surface area contributed by atoms with Gasteiger partial charge in [0.1, 0.15) is 11.6 Å². The molecule has 1 aromatic heterocycles. The highest BCUT2D eigenvalue weighted by Gasteiger charge is 2.10. The van der Waals surface area contributed by atoms with E-state index in [4.69, 9.17) is 9.72 Å². The van der Waals surface area contributed by atoms with Crippen molar-refractivity contribution >= 4 is 23.1 Å². The number of aryl methyl sites for hydroxylation is 1. The molecule has 4 aromatic rings. The largest absolute Gasteiger partial charge is 0.496 e. The van der Waals surface area contributed by atoms with E-state index in [9.17, 15) is 4.79 Å². The van der Waals surface area contributed by atoms with Gasteiger partial charge in [0.15, 0.2) is 0 Å². The van der Waals surface area contributed by atoms with Gasteiger partial charge in [0.25, 0.3) is 5.56 Å². The van der Waals surface area contributed by atoms with Crippen molar-refractivity contribution in [2.75, 3.05) is 7.11 Å².